The third-order valence-corrected chi connectivity index (χ3v) is 4.92. The van der Waals surface area contributed by atoms with E-state index in [-0.39, 0.29) is 18.2 Å². The molecule has 5 nitrogen and oxygen atoms in total. The molecule has 0 radical (unpaired) electrons. The topological polar surface area (TPSA) is 54.5 Å². The van der Waals surface area contributed by atoms with Crippen LogP contribution in [0.2, 0.25) is 0 Å². The van der Waals surface area contributed by atoms with Gasteiger partial charge in [-0.1, -0.05) is 23.5 Å². The number of nitrogens with one attached hydrogen (secondary N) is 1. The van der Waals surface area contributed by atoms with Crippen LogP contribution in [-0.2, 0) is 0 Å². The zero-order valence-corrected chi connectivity index (χ0v) is 14.7. The maximum atomic E-state index is 12.0. The second kappa shape index (κ2) is 6.74. The molecule has 1 aromatic carbocycles. The molecule has 1 N–H and O–H groups in total. The van der Waals surface area contributed by atoms with Crippen molar-refractivity contribution in [2.24, 2.45) is 0 Å². The van der Waals surface area contributed by atoms with Crippen LogP contribution < -0.4 is 10.1 Å². The minimum absolute atomic E-state index is 0.0223. The Hall–Kier alpha value is -1.82. The molecule has 0 spiro atoms. The smallest absolute Gasteiger partial charge is 0.317 e. The fourth-order valence-electron chi connectivity index (χ4n) is 2.77. The highest BCUT2D eigenvalue weighted by Gasteiger charge is 2.25. The number of carbonyl (C=O) groups excluding carboxylic acids is 1. The van der Waals surface area contributed by atoms with E-state index in [4.69, 9.17) is 4.74 Å². The number of aryl methyl sites for hydroxylation is 1. The van der Waals surface area contributed by atoms with E-state index < -0.39 is 0 Å². The Morgan fingerprint density at radius 1 is 1.39 bits per heavy atom. The number of ether oxygens (including phenoxy) is 1. The van der Waals surface area contributed by atoms with Crippen molar-refractivity contribution in [2.75, 3.05) is 13.1 Å². The summed E-state index contributed by atoms with van der Waals surface area (Å²) in [6.45, 7) is 7.48. The van der Waals surface area contributed by atoms with Crippen LogP contribution in [0.1, 0.15) is 32.3 Å². The minimum Gasteiger partial charge on any atom is -0.467 e. The van der Waals surface area contributed by atoms with Crippen molar-refractivity contribution < 1.29 is 9.53 Å². The maximum absolute atomic E-state index is 12.0. The molecule has 1 saturated heterocycles. The maximum Gasteiger partial charge on any atom is 0.317 e. The van der Waals surface area contributed by atoms with Crippen LogP contribution in [-0.4, -0.2) is 41.2 Å². The number of carbonyl (C=O) groups is 1. The summed E-state index contributed by atoms with van der Waals surface area (Å²) in [5, 5.41) is 3.67. The normalized spacial score (nSPS) is 16.1. The minimum atomic E-state index is 0.0223. The molecule has 0 atom stereocenters. The molecule has 124 valence electrons. The number of hydrogen-bond donors (Lipinski definition) is 1. The fourth-order valence-corrected chi connectivity index (χ4v) is 3.73. The van der Waals surface area contributed by atoms with Crippen molar-refractivity contribution in [3.63, 3.8) is 0 Å². The standard InChI is InChI=1S/C17H23N3O2S/c1-11(2)18-16(21)20-9-7-13(8-10-20)22-17-19-15-12(3)5-4-6-14(15)23-17/h4-6,11,13H,7-10H2,1-3H3,(H,18,21). The monoisotopic (exact) mass is 333 g/mol. The number of piperidine rings is 1. The quantitative estimate of drug-likeness (QED) is 0.934. The highest BCUT2D eigenvalue weighted by molar-refractivity contribution is 7.20. The number of fused-ring (bicyclic) bond motifs is 1. The van der Waals surface area contributed by atoms with Crippen LogP contribution in [0.15, 0.2) is 18.2 Å². The van der Waals surface area contributed by atoms with Gasteiger partial charge in [0.15, 0.2) is 0 Å². The average Bonchev–Trinajstić information content (AvgIpc) is 2.91. The number of nitrogens with zero attached hydrogens (tertiary/aromatic N) is 2. The van der Waals surface area contributed by atoms with Crippen LogP contribution in [0.4, 0.5) is 4.79 Å². The summed E-state index contributed by atoms with van der Waals surface area (Å²) in [5.41, 5.74) is 2.20. The van der Waals surface area contributed by atoms with Crippen LogP contribution in [0.5, 0.6) is 5.19 Å². The van der Waals surface area contributed by atoms with Gasteiger partial charge in [0, 0.05) is 32.0 Å². The van der Waals surface area contributed by atoms with Crippen LogP contribution >= 0.6 is 11.3 Å². The average molecular weight is 333 g/mol. The molecule has 2 aromatic rings. The lowest BCUT2D eigenvalue weighted by molar-refractivity contribution is 0.110. The summed E-state index contributed by atoms with van der Waals surface area (Å²) in [7, 11) is 0. The third-order valence-electron chi connectivity index (χ3n) is 4.01. The van der Waals surface area contributed by atoms with Crippen LogP contribution in [0.25, 0.3) is 10.2 Å². The van der Waals surface area contributed by atoms with Gasteiger partial charge in [-0.05, 0) is 32.4 Å². The summed E-state index contributed by atoms with van der Waals surface area (Å²) >= 11 is 1.59. The zero-order chi connectivity index (χ0) is 16.4. The van der Waals surface area contributed by atoms with Gasteiger partial charge in [0.05, 0.1) is 10.2 Å². The molecule has 1 fully saturated rings. The highest BCUT2D eigenvalue weighted by Crippen LogP contribution is 2.31. The van der Waals surface area contributed by atoms with Crippen molar-refractivity contribution in [3.05, 3.63) is 23.8 Å². The molecule has 1 aromatic heterocycles. The molecule has 0 saturated carbocycles. The predicted octanol–water partition coefficient (Wildman–Crippen LogP) is 3.57. The first kappa shape index (κ1) is 16.1. The summed E-state index contributed by atoms with van der Waals surface area (Å²) in [4.78, 5) is 18.5. The lowest BCUT2D eigenvalue weighted by atomic mass is 10.1. The summed E-state index contributed by atoms with van der Waals surface area (Å²) in [5.74, 6) is 0. The van der Waals surface area contributed by atoms with Gasteiger partial charge in [0.1, 0.15) is 6.10 Å². The molecule has 0 bridgehead atoms. The largest absolute Gasteiger partial charge is 0.467 e. The first-order valence-electron chi connectivity index (χ1n) is 8.11. The number of likely N-dealkylation sites (tertiary alicyclic amines) is 1. The van der Waals surface area contributed by atoms with Crippen molar-refractivity contribution in [3.8, 4) is 5.19 Å². The fraction of sp³-hybridized carbons (Fsp3) is 0.529. The lowest BCUT2D eigenvalue weighted by Gasteiger charge is -2.32. The molecular weight excluding hydrogens is 310 g/mol. The van der Waals surface area contributed by atoms with Gasteiger partial charge in [0.25, 0.3) is 5.19 Å². The van der Waals surface area contributed by atoms with Crippen LogP contribution in [0, 0.1) is 6.92 Å². The van der Waals surface area contributed by atoms with Gasteiger partial charge in [-0.15, -0.1) is 0 Å². The molecule has 3 rings (SSSR count). The van der Waals surface area contributed by atoms with E-state index in [1.54, 1.807) is 11.3 Å². The number of thiazole rings is 1. The van der Waals surface area contributed by atoms with Gasteiger partial charge in [0.2, 0.25) is 0 Å². The molecule has 6 heteroatoms. The van der Waals surface area contributed by atoms with E-state index in [1.807, 2.05) is 24.8 Å². The van der Waals surface area contributed by atoms with Crippen molar-refractivity contribution in [1.82, 2.24) is 15.2 Å². The number of aromatic nitrogens is 1. The van der Waals surface area contributed by atoms with E-state index in [1.165, 1.54) is 5.56 Å². The number of amides is 2. The molecule has 2 heterocycles. The van der Waals surface area contributed by atoms with E-state index in [0.29, 0.717) is 0 Å². The number of para-hydroxylation sites is 1. The summed E-state index contributed by atoms with van der Waals surface area (Å²) in [6, 6.07) is 6.38. The number of hydrogen-bond acceptors (Lipinski definition) is 4. The highest BCUT2D eigenvalue weighted by atomic mass is 32.1. The second-order valence-corrected chi connectivity index (χ2v) is 7.30. The van der Waals surface area contributed by atoms with Gasteiger partial charge in [-0.3, -0.25) is 0 Å². The van der Waals surface area contributed by atoms with E-state index in [2.05, 4.69) is 29.4 Å². The molecule has 0 aliphatic carbocycles. The first-order valence-corrected chi connectivity index (χ1v) is 8.93. The van der Waals surface area contributed by atoms with Gasteiger partial charge >= 0.3 is 6.03 Å². The lowest BCUT2D eigenvalue weighted by Crippen LogP contribution is -2.48. The van der Waals surface area contributed by atoms with Gasteiger partial charge in [-0.2, -0.15) is 0 Å². The molecule has 1 aliphatic heterocycles. The molecule has 0 unspecified atom stereocenters. The van der Waals surface area contributed by atoms with E-state index >= 15 is 0 Å². The van der Waals surface area contributed by atoms with Crippen molar-refractivity contribution in [2.45, 2.75) is 45.8 Å². The third kappa shape index (κ3) is 3.75. The Morgan fingerprint density at radius 3 is 2.78 bits per heavy atom. The molecule has 2 amide bonds. The zero-order valence-electron chi connectivity index (χ0n) is 13.8. The number of rotatable bonds is 3. The Balaban J connectivity index is 1.58. The second-order valence-electron chi connectivity index (χ2n) is 6.31. The van der Waals surface area contributed by atoms with Gasteiger partial charge < -0.3 is 15.0 Å². The number of benzene rings is 1. The predicted molar refractivity (Wildman–Crippen MR) is 93.2 cm³/mol. The molecule has 1 aliphatic rings. The Labute approximate surface area is 140 Å². The first-order chi connectivity index (χ1) is 11.0. The van der Waals surface area contributed by atoms with Crippen LogP contribution in [0.3, 0.4) is 0 Å². The Bertz CT molecular complexity index is 690. The van der Waals surface area contributed by atoms with Crippen molar-refractivity contribution in [1.29, 1.82) is 0 Å². The summed E-state index contributed by atoms with van der Waals surface area (Å²) in [6.07, 6.45) is 1.83. The van der Waals surface area contributed by atoms with E-state index in [0.717, 1.165) is 41.3 Å². The molecule has 23 heavy (non-hydrogen) atoms. The van der Waals surface area contributed by atoms with E-state index in [9.17, 15) is 4.79 Å². The Morgan fingerprint density at radius 2 is 2.13 bits per heavy atom. The Kier molecular flexibility index (Phi) is 4.71. The number of urea groups is 1. The van der Waals surface area contributed by atoms with Crippen molar-refractivity contribution >= 4 is 27.6 Å². The summed E-state index contributed by atoms with van der Waals surface area (Å²) < 4.78 is 7.21. The molecular formula is C17H23N3O2S. The SMILES string of the molecule is Cc1cccc2sc(OC3CCN(C(=O)NC(C)C)CC3)nc12. The van der Waals surface area contributed by atoms with Gasteiger partial charge in [-0.25, -0.2) is 9.78 Å².